The van der Waals surface area contributed by atoms with Crippen LogP contribution >= 0.6 is 24.4 Å². The Morgan fingerprint density at radius 1 is 0.634 bits per heavy atom. The zero-order chi connectivity index (χ0) is 50.4. The van der Waals surface area contributed by atoms with Crippen LogP contribution in [0.25, 0.3) is 0 Å². The SMILES string of the molecule is C[C@H](NC(=O)[C@@H]1CCCN1C(=O)[C@H](CC(=O)NC(c1ccccc1)(c1ccccc1)c1ccccc1)NC(=O)[C@@H](N)CSC(c1ccccc1)(c1ccccc1)c1ccccc1)C(=O)N[C@@H](CS)C(=O)O. The lowest BCUT2D eigenvalue weighted by molar-refractivity contribution is -0.143. The number of hydrogen-bond acceptors (Lipinski definition) is 9. The van der Waals surface area contributed by atoms with Gasteiger partial charge in [-0.2, -0.15) is 12.6 Å². The van der Waals surface area contributed by atoms with Crippen molar-refractivity contribution in [2.24, 2.45) is 5.73 Å². The smallest absolute Gasteiger partial charge is 0.327 e. The van der Waals surface area contributed by atoms with Gasteiger partial charge in [-0.3, -0.25) is 24.0 Å². The largest absolute Gasteiger partial charge is 0.480 e. The fourth-order valence-corrected chi connectivity index (χ4v) is 10.9. The predicted molar refractivity (Wildman–Crippen MR) is 279 cm³/mol. The van der Waals surface area contributed by atoms with Gasteiger partial charge in [0.1, 0.15) is 29.7 Å². The molecule has 0 radical (unpaired) electrons. The summed E-state index contributed by atoms with van der Waals surface area (Å²) >= 11 is 5.48. The molecule has 0 spiro atoms. The van der Waals surface area contributed by atoms with Crippen LogP contribution in [0.5, 0.6) is 0 Å². The van der Waals surface area contributed by atoms with Crippen LogP contribution in [0.15, 0.2) is 182 Å². The second-order valence-electron chi connectivity index (χ2n) is 17.4. The number of hydrogen-bond donors (Lipinski definition) is 7. The molecule has 13 nitrogen and oxygen atoms in total. The number of amides is 5. The van der Waals surface area contributed by atoms with E-state index in [1.165, 1.54) is 23.6 Å². The molecule has 7 rings (SSSR count). The maximum absolute atomic E-state index is 15.0. The van der Waals surface area contributed by atoms with E-state index in [1.807, 2.05) is 182 Å². The summed E-state index contributed by atoms with van der Waals surface area (Å²) < 4.78 is -0.808. The average Bonchev–Trinajstić information content (AvgIpc) is 3.91. The molecule has 1 aliphatic heterocycles. The summed E-state index contributed by atoms with van der Waals surface area (Å²) in [5.41, 5.74) is 10.7. The lowest BCUT2D eigenvalue weighted by Crippen LogP contribution is -2.59. The van der Waals surface area contributed by atoms with Crippen LogP contribution in [0.3, 0.4) is 0 Å². The number of thioether (sulfide) groups is 1. The maximum atomic E-state index is 15.0. The summed E-state index contributed by atoms with van der Waals surface area (Å²) in [7, 11) is 0. The topological polar surface area (TPSA) is 200 Å². The van der Waals surface area contributed by atoms with Crippen molar-refractivity contribution in [2.45, 2.75) is 66.7 Å². The van der Waals surface area contributed by atoms with E-state index in [0.29, 0.717) is 6.42 Å². The van der Waals surface area contributed by atoms with Gasteiger partial charge in [0.15, 0.2) is 0 Å². The highest BCUT2D eigenvalue weighted by Crippen LogP contribution is 2.48. The number of carbonyl (C=O) groups is 6. The van der Waals surface area contributed by atoms with E-state index in [0.717, 1.165) is 33.4 Å². The van der Waals surface area contributed by atoms with Crippen LogP contribution in [0.1, 0.15) is 59.6 Å². The number of benzene rings is 6. The number of rotatable bonds is 21. The number of carboxylic acids is 1. The van der Waals surface area contributed by atoms with Gasteiger partial charge in [0, 0.05) is 18.1 Å². The fourth-order valence-electron chi connectivity index (χ4n) is 9.12. The van der Waals surface area contributed by atoms with Crippen molar-refractivity contribution >= 4 is 59.9 Å². The van der Waals surface area contributed by atoms with E-state index in [1.54, 1.807) is 0 Å². The fraction of sp³-hybridized carbons (Fsp3) is 0.250. The molecular formula is C56H58N6O7S2. The van der Waals surface area contributed by atoms with Crippen LogP contribution in [0.4, 0.5) is 0 Å². The van der Waals surface area contributed by atoms with E-state index in [4.69, 9.17) is 5.73 Å². The molecule has 1 saturated heterocycles. The van der Waals surface area contributed by atoms with Crippen LogP contribution < -0.4 is 27.0 Å². The molecule has 1 aliphatic rings. The van der Waals surface area contributed by atoms with Crippen molar-refractivity contribution in [1.82, 2.24) is 26.2 Å². The minimum Gasteiger partial charge on any atom is -0.480 e. The summed E-state index contributed by atoms with van der Waals surface area (Å²) in [5, 5.41) is 20.6. The van der Waals surface area contributed by atoms with Gasteiger partial charge < -0.3 is 37.0 Å². The van der Waals surface area contributed by atoms with Crippen molar-refractivity contribution < 1.29 is 33.9 Å². The Labute approximate surface area is 423 Å². The predicted octanol–water partition coefficient (Wildman–Crippen LogP) is 6.02. The van der Waals surface area contributed by atoms with Gasteiger partial charge in [0.2, 0.25) is 29.5 Å². The summed E-state index contributed by atoms with van der Waals surface area (Å²) in [6.45, 7) is 1.52. The number of nitrogens with two attached hydrogens (primary N) is 1. The molecule has 71 heavy (non-hydrogen) atoms. The molecule has 0 saturated carbocycles. The van der Waals surface area contributed by atoms with Crippen LogP contribution in [0, 0.1) is 0 Å². The third kappa shape index (κ3) is 11.9. The van der Waals surface area contributed by atoms with Gasteiger partial charge in [0.05, 0.1) is 17.2 Å². The summed E-state index contributed by atoms with van der Waals surface area (Å²) in [6, 6.07) is 52.0. The van der Waals surface area contributed by atoms with E-state index in [-0.39, 0.29) is 24.5 Å². The number of likely N-dealkylation sites (tertiary alicyclic amines) is 1. The highest BCUT2D eigenvalue weighted by molar-refractivity contribution is 8.00. The van der Waals surface area contributed by atoms with Crippen molar-refractivity contribution in [3.05, 3.63) is 215 Å². The van der Waals surface area contributed by atoms with Crippen LogP contribution in [-0.2, 0) is 39.1 Å². The first kappa shape index (κ1) is 51.6. The van der Waals surface area contributed by atoms with Gasteiger partial charge in [-0.1, -0.05) is 182 Å². The van der Waals surface area contributed by atoms with Crippen molar-refractivity contribution in [3.63, 3.8) is 0 Å². The lowest BCUT2D eigenvalue weighted by Gasteiger charge is -2.37. The van der Waals surface area contributed by atoms with Crippen LogP contribution in [0.2, 0.25) is 0 Å². The second kappa shape index (κ2) is 24.1. The molecule has 6 aromatic carbocycles. The van der Waals surface area contributed by atoms with E-state index in [9.17, 15) is 29.1 Å². The number of carboxylic acid groups (broad SMARTS) is 1. The minimum absolute atomic E-state index is 0.0847. The van der Waals surface area contributed by atoms with Gasteiger partial charge in [0.25, 0.3) is 0 Å². The maximum Gasteiger partial charge on any atom is 0.327 e. The van der Waals surface area contributed by atoms with Crippen molar-refractivity contribution in [1.29, 1.82) is 0 Å². The molecule has 0 bridgehead atoms. The molecule has 366 valence electrons. The normalized spacial score (nSPS) is 15.3. The molecular weight excluding hydrogens is 933 g/mol. The number of nitrogens with one attached hydrogen (secondary N) is 4. The monoisotopic (exact) mass is 990 g/mol. The van der Waals surface area contributed by atoms with Gasteiger partial charge in [-0.15, -0.1) is 11.8 Å². The summed E-state index contributed by atoms with van der Waals surface area (Å²) in [5.74, 6) is -4.74. The Bertz CT molecular complexity index is 2550. The van der Waals surface area contributed by atoms with Gasteiger partial charge in [-0.25, -0.2) is 4.79 Å². The zero-order valence-electron chi connectivity index (χ0n) is 39.2. The van der Waals surface area contributed by atoms with Gasteiger partial charge >= 0.3 is 5.97 Å². The Morgan fingerprint density at radius 3 is 1.45 bits per heavy atom. The molecule has 7 N–H and O–H groups in total. The number of aliphatic carboxylic acids is 1. The highest BCUT2D eigenvalue weighted by Gasteiger charge is 2.43. The number of nitrogens with zero attached hydrogens (tertiary/aromatic N) is 1. The molecule has 0 aromatic heterocycles. The quantitative estimate of drug-likeness (QED) is 0.0333. The minimum atomic E-state index is -1.50. The third-order valence-corrected chi connectivity index (χ3v) is 14.7. The molecule has 15 heteroatoms. The second-order valence-corrected chi connectivity index (χ2v) is 19.0. The first-order valence-electron chi connectivity index (χ1n) is 23.5. The van der Waals surface area contributed by atoms with Gasteiger partial charge in [-0.05, 0) is 53.1 Å². The summed E-state index contributed by atoms with van der Waals surface area (Å²) in [4.78, 5) is 84.4. The van der Waals surface area contributed by atoms with Crippen molar-refractivity contribution in [3.8, 4) is 0 Å². The molecule has 1 fully saturated rings. The molecule has 0 unspecified atom stereocenters. The molecule has 5 amide bonds. The first-order valence-corrected chi connectivity index (χ1v) is 25.1. The lowest BCUT2D eigenvalue weighted by atomic mass is 9.77. The Kier molecular flexibility index (Phi) is 17.5. The van der Waals surface area contributed by atoms with Crippen LogP contribution in [-0.4, -0.2) is 93.8 Å². The molecule has 6 aromatic rings. The Balaban J connectivity index is 1.20. The van der Waals surface area contributed by atoms with Crippen molar-refractivity contribution in [2.75, 3.05) is 18.1 Å². The Morgan fingerprint density at radius 2 is 1.04 bits per heavy atom. The summed E-state index contributed by atoms with van der Waals surface area (Å²) in [6.07, 6.45) is 0.0987. The van der Waals surface area contributed by atoms with E-state index < -0.39 is 82.4 Å². The van der Waals surface area contributed by atoms with E-state index in [2.05, 4.69) is 33.9 Å². The third-order valence-electron chi connectivity index (χ3n) is 12.7. The molecule has 5 atom stereocenters. The number of thiol groups is 1. The average molecular weight is 991 g/mol. The molecule has 0 aliphatic carbocycles. The first-order chi connectivity index (χ1) is 34.4. The standard InChI is InChI=1S/C56H58N6O7S2/c1-38(50(64)60-47(36-70)54(68)69)58-52(66)48-33-20-34-62(48)53(67)46(35-49(63)61-55(39-21-8-2-9-22-39,40-23-10-3-11-24-40)41-25-12-4-13-26-41)59-51(65)45(57)37-71-56(42-27-14-5-15-28-42,43-29-16-6-17-30-43)44-31-18-7-19-32-44/h2-19,21-32,38,45-48,70H,20,33-37,57H2,1H3,(H,58,66)(H,59,65)(H,60,64)(H,61,63)(H,68,69)/t38-,45-,46-,47-,48-/m0/s1. The zero-order valence-corrected chi connectivity index (χ0v) is 40.9. The number of carbonyl (C=O) groups excluding carboxylic acids is 5. The Hall–Kier alpha value is -7.20. The molecule has 1 heterocycles. The highest BCUT2D eigenvalue weighted by atomic mass is 32.2. The van der Waals surface area contributed by atoms with E-state index >= 15 is 4.79 Å².